The van der Waals surface area contributed by atoms with Crippen molar-refractivity contribution >= 4 is 15.9 Å². The first-order chi connectivity index (χ1) is 8.09. The Morgan fingerprint density at radius 2 is 2.12 bits per heavy atom. The van der Waals surface area contributed by atoms with E-state index in [1.165, 1.54) is 19.3 Å². The Morgan fingerprint density at radius 1 is 1.35 bits per heavy atom. The van der Waals surface area contributed by atoms with E-state index >= 15 is 0 Å². The molecule has 17 heavy (non-hydrogen) atoms. The molecule has 1 fully saturated rings. The van der Waals surface area contributed by atoms with Crippen molar-refractivity contribution in [3.63, 3.8) is 0 Å². The normalized spacial score (nSPS) is 31.2. The zero-order chi connectivity index (χ0) is 12.4. The maximum atomic E-state index is 6.39. The number of rotatable bonds is 2. The number of halogens is 1. The zero-order valence-electron chi connectivity index (χ0n) is 10.6. The quantitative estimate of drug-likeness (QED) is 0.898. The molecule has 4 atom stereocenters. The van der Waals surface area contributed by atoms with E-state index in [9.17, 15) is 0 Å². The van der Waals surface area contributed by atoms with Gasteiger partial charge >= 0.3 is 0 Å². The molecular weight excluding hydrogens is 276 g/mol. The summed E-state index contributed by atoms with van der Waals surface area (Å²) in [5.41, 5.74) is 7.40. The van der Waals surface area contributed by atoms with Gasteiger partial charge in [-0.15, -0.1) is 0 Å². The summed E-state index contributed by atoms with van der Waals surface area (Å²) in [4.78, 5) is 4.43. The van der Waals surface area contributed by atoms with Crippen LogP contribution in [0.2, 0.25) is 0 Å². The van der Waals surface area contributed by atoms with Gasteiger partial charge in [-0.1, -0.05) is 20.3 Å². The average Bonchev–Trinajstić information content (AvgIpc) is 2.32. The van der Waals surface area contributed by atoms with Gasteiger partial charge < -0.3 is 5.73 Å². The molecule has 1 aromatic heterocycles. The molecule has 1 heterocycles. The van der Waals surface area contributed by atoms with Crippen molar-refractivity contribution in [3.05, 3.63) is 28.5 Å². The van der Waals surface area contributed by atoms with Gasteiger partial charge in [0.1, 0.15) is 0 Å². The van der Waals surface area contributed by atoms with Gasteiger partial charge in [0.2, 0.25) is 0 Å². The number of aromatic nitrogens is 1. The number of nitrogens with zero attached hydrogens (tertiary/aromatic N) is 1. The Kier molecular flexibility index (Phi) is 4.21. The van der Waals surface area contributed by atoms with E-state index < -0.39 is 0 Å². The summed E-state index contributed by atoms with van der Waals surface area (Å²) in [7, 11) is 0. The van der Waals surface area contributed by atoms with Crippen molar-refractivity contribution in [2.45, 2.75) is 39.2 Å². The lowest BCUT2D eigenvalue weighted by molar-refractivity contribution is 0.184. The van der Waals surface area contributed by atoms with E-state index in [2.05, 4.69) is 34.8 Å². The molecule has 1 saturated carbocycles. The smallest absolute Gasteiger partial charge is 0.0715 e. The van der Waals surface area contributed by atoms with Crippen LogP contribution < -0.4 is 5.73 Å². The SMILES string of the molecule is CC1CCC(C(N)c2ncccc2Br)CC1C. The van der Waals surface area contributed by atoms with Crippen molar-refractivity contribution in [1.29, 1.82) is 0 Å². The lowest BCUT2D eigenvalue weighted by Gasteiger charge is -2.35. The van der Waals surface area contributed by atoms with Crippen molar-refractivity contribution in [1.82, 2.24) is 4.98 Å². The summed E-state index contributed by atoms with van der Waals surface area (Å²) in [6.07, 6.45) is 5.58. The molecule has 0 saturated heterocycles. The summed E-state index contributed by atoms with van der Waals surface area (Å²) in [5.74, 6) is 2.19. The van der Waals surface area contributed by atoms with Crippen LogP contribution in [0, 0.1) is 17.8 Å². The van der Waals surface area contributed by atoms with Gasteiger partial charge in [0.15, 0.2) is 0 Å². The maximum Gasteiger partial charge on any atom is 0.0715 e. The molecule has 2 N–H and O–H groups in total. The van der Waals surface area contributed by atoms with Gasteiger partial charge in [0.05, 0.1) is 11.7 Å². The molecule has 0 spiro atoms. The van der Waals surface area contributed by atoms with E-state index in [0.717, 1.165) is 22.0 Å². The third kappa shape index (κ3) is 2.89. The minimum atomic E-state index is 0.0699. The van der Waals surface area contributed by atoms with Crippen LogP contribution in [0.15, 0.2) is 22.8 Å². The van der Waals surface area contributed by atoms with Gasteiger partial charge in [-0.2, -0.15) is 0 Å². The topological polar surface area (TPSA) is 38.9 Å². The number of pyridine rings is 1. The number of nitrogens with two attached hydrogens (primary N) is 1. The van der Waals surface area contributed by atoms with Crippen molar-refractivity contribution in [2.75, 3.05) is 0 Å². The Morgan fingerprint density at radius 3 is 2.76 bits per heavy atom. The number of hydrogen-bond acceptors (Lipinski definition) is 2. The Hall–Kier alpha value is -0.410. The molecule has 4 unspecified atom stereocenters. The largest absolute Gasteiger partial charge is 0.322 e. The van der Waals surface area contributed by atoms with Crippen LogP contribution in [0.4, 0.5) is 0 Å². The zero-order valence-corrected chi connectivity index (χ0v) is 12.2. The molecule has 0 aromatic carbocycles. The van der Waals surface area contributed by atoms with Gasteiger partial charge in [-0.3, -0.25) is 4.98 Å². The fraction of sp³-hybridized carbons (Fsp3) is 0.643. The van der Waals surface area contributed by atoms with Crippen molar-refractivity contribution < 1.29 is 0 Å². The van der Waals surface area contributed by atoms with Crippen LogP contribution in [0.1, 0.15) is 44.8 Å². The van der Waals surface area contributed by atoms with Crippen LogP contribution in [0.25, 0.3) is 0 Å². The summed E-state index contributed by atoms with van der Waals surface area (Å²) >= 11 is 3.55. The molecule has 1 aliphatic carbocycles. The van der Waals surface area contributed by atoms with Crippen LogP contribution in [-0.4, -0.2) is 4.98 Å². The highest BCUT2D eigenvalue weighted by molar-refractivity contribution is 9.10. The fourth-order valence-electron chi connectivity index (χ4n) is 2.78. The molecule has 0 bridgehead atoms. The number of hydrogen-bond donors (Lipinski definition) is 1. The van der Waals surface area contributed by atoms with Gasteiger partial charge in [0, 0.05) is 10.7 Å². The Bertz CT molecular complexity index is 380. The molecule has 0 amide bonds. The molecule has 1 aromatic rings. The highest BCUT2D eigenvalue weighted by Crippen LogP contribution is 2.39. The molecule has 2 rings (SSSR count). The van der Waals surface area contributed by atoms with Gasteiger partial charge in [-0.25, -0.2) is 0 Å². The minimum Gasteiger partial charge on any atom is -0.322 e. The molecular formula is C14H21BrN2. The van der Waals surface area contributed by atoms with Crippen molar-refractivity contribution in [2.24, 2.45) is 23.5 Å². The monoisotopic (exact) mass is 296 g/mol. The third-order valence-corrected chi connectivity index (χ3v) is 4.92. The van der Waals surface area contributed by atoms with Crippen LogP contribution in [0.5, 0.6) is 0 Å². The van der Waals surface area contributed by atoms with E-state index in [1.807, 2.05) is 18.3 Å². The molecule has 94 valence electrons. The van der Waals surface area contributed by atoms with E-state index in [1.54, 1.807) is 0 Å². The van der Waals surface area contributed by atoms with Crippen LogP contribution >= 0.6 is 15.9 Å². The first-order valence-corrected chi connectivity index (χ1v) is 7.25. The molecule has 1 aliphatic rings. The maximum absolute atomic E-state index is 6.39. The third-order valence-electron chi connectivity index (χ3n) is 4.25. The van der Waals surface area contributed by atoms with Crippen LogP contribution in [-0.2, 0) is 0 Å². The average molecular weight is 297 g/mol. The summed E-state index contributed by atoms with van der Waals surface area (Å²) in [6, 6.07) is 4.03. The van der Waals surface area contributed by atoms with Gasteiger partial charge in [-0.05, 0) is 58.7 Å². The minimum absolute atomic E-state index is 0.0699. The predicted octanol–water partition coefficient (Wildman–Crippen LogP) is 3.92. The first kappa shape index (κ1) is 13.0. The molecule has 3 heteroatoms. The van der Waals surface area contributed by atoms with Crippen LogP contribution in [0.3, 0.4) is 0 Å². The standard InChI is InChI=1S/C14H21BrN2/c1-9-5-6-11(8-10(9)2)13(16)14-12(15)4-3-7-17-14/h3-4,7,9-11,13H,5-6,8,16H2,1-2H3. The van der Waals surface area contributed by atoms with Crippen molar-refractivity contribution in [3.8, 4) is 0 Å². The highest BCUT2D eigenvalue weighted by atomic mass is 79.9. The van der Waals surface area contributed by atoms with E-state index in [4.69, 9.17) is 5.73 Å². The molecule has 0 aliphatic heterocycles. The second kappa shape index (κ2) is 5.49. The first-order valence-electron chi connectivity index (χ1n) is 6.45. The molecule has 2 nitrogen and oxygen atoms in total. The Balaban J connectivity index is 2.10. The van der Waals surface area contributed by atoms with E-state index in [0.29, 0.717) is 5.92 Å². The summed E-state index contributed by atoms with van der Waals surface area (Å²) in [5, 5.41) is 0. The summed E-state index contributed by atoms with van der Waals surface area (Å²) in [6.45, 7) is 4.69. The van der Waals surface area contributed by atoms with E-state index in [-0.39, 0.29) is 6.04 Å². The Labute approximate surface area is 112 Å². The predicted molar refractivity (Wildman–Crippen MR) is 74.5 cm³/mol. The highest BCUT2D eigenvalue weighted by Gasteiger charge is 2.30. The summed E-state index contributed by atoms with van der Waals surface area (Å²) < 4.78 is 1.04. The lowest BCUT2D eigenvalue weighted by Crippen LogP contribution is -2.30. The molecule has 0 radical (unpaired) electrons. The van der Waals surface area contributed by atoms with Gasteiger partial charge in [0.25, 0.3) is 0 Å². The second-order valence-electron chi connectivity index (χ2n) is 5.42. The second-order valence-corrected chi connectivity index (χ2v) is 6.28. The fourth-order valence-corrected chi connectivity index (χ4v) is 3.30. The lowest BCUT2D eigenvalue weighted by atomic mass is 9.73.